The summed E-state index contributed by atoms with van der Waals surface area (Å²) in [5.41, 5.74) is -0.979. The van der Waals surface area contributed by atoms with Crippen LogP contribution in [0.3, 0.4) is 0 Å². The number of hydrogen-bond donors (Lipinski definition) is 1. The van der Waals surface area contributed by atoms with Gasteiger partial charge in [-0.25, -0.2) is 0 Å². The van der Waals surface area contributed by atoms with E-state index in [9.17, 15) is 9.90 Å². The van der Waals surface area contributed by atoms with Crippen LogP contribution in [0, 0.1) is 0 Å². The normalized spacial score (nSPS) is 29.9. The summed E-state index contributed by atoms with van der Waals surface area (Å²) in [7, 11) is 1.53. The number of carbonyl (C=O) groups is 1. The maximum atomic E-state index is 11.5. The van der Waals surface area contributed by atoms with Gasteiger partial charge in [0.1, 0.15) is 5.54 Å². The first-order valence-corrected chi connectivity index (χ1v) is 6.06. The number of morpholine rings is 1. The minimum atomic E-state index is -0.979. The maximum Gasteiger partial charge on any atom is 0.326 e. The van der Waals surface area contributed by atoms with Gasteiger partial charge in [-0.2, -0.15) is 0 Å². The molecule has 1 rings (SSSR count). The summed E-state index contributed by atoms with van der Waals surface area (Å²) in [6.45, 7) is 7.14. The molecular weight excluding hydrogens is 222 g/mol. The molecule has 17 heavy (non-hydrogen) atoms. The molecule has 3 unspecified atom stereocenters. The van der Waals surface area contributed by atoms with Crippen molar-refractivity contribution in [3.63, 3.8) is 0 Å². The molecule has 1 aliphatic rings. The van der Waals surface area contributed by atoms with E-state index in [0.717, 1.165) is 6.42 Å². The first-order valence-electron chi connectivity index (χ1n) is 6.06. The van der Waals surface area contributed by atoms with E-state index in [1.54, 1.807) is 6.92 Å². The zero-order valence-electron chi connectivity index (χ0n) is 11.1. The molecule has 0 amide bonds. The summed E-state index contributed by atoms with van der Waals surface area (Å²) in [4.78, 5) is 13.5. The Balaban J connectivity index is 2.93. The van der Waals surface area contributed by atoms with Crippen LogP contribution < -0.4 is 0 Å². The first-order chi connectivity index (χ1) is 7.95. The Morgan fingerprint density at radius 3 is 2.76 bits per heavy atom. The van der Waals surface area contributed by atoms with Gasteiger partial charge in [0.15, 0.2) is 0 Å². The lowest BCUT2D eigenvalue weighted by molar-refractivity contribution is -0.167. The maximum absolute atomic E-state index is 11.5. The van der Waals surface area contributed by atoms with Crippen LogP contribution in [0.5, 0.6) is 0 Å². The van der Waals surface area contributed by atoms with Crippen LogP contribution in [0.25, 0.3) is 0 Å². The molecule has 1 saturated heterocycles. The van der Waals surface area contributed by atoms with Gasteiger partial charge in [0.2, 0.25) is 0 Å². The Hall–Kier alpha value is -0.650. The van der Waals surface area contributed by atoms with Crippen molar-refractivity contribution in [3.05, 3.63) is 0 Å². The molecule has 0 spiro atoms. The third kappa shape index (κ3) is 2.97. The van der Waals surface area contributed by atoms with Crippen LogP contribution in [-0.2, 0) is 14.3 Å². The highest BCUT2D eigenvalue weighted by Gasteiger charge is 2.45. The predicted molar refractivity (Wildman–Crippen MR) is 64.1 cm³/mol. The zero-order valence-corrected chi connectivity index (χ0v) is 11.1. The fraction of sp³-hybridized carbons (Fsp3) is 0.917. The van der Waals surface area contributed by atoms with Gasteiger partial charge in [-0.05, 0) is 20.3 Å². The largest absolute Gasteiger partial charge is 0.480 e. The van der Waals surface area contributed by atoms with E-state index in [-0.39, 0.29) is 18.8 Å². The highest BCUT2D eigenvalue weighted by molar-refractivity contribution is 5.78. The third-order valence-electron chi connectivity index (χ3n) is 3.46. The molecule has 0 radical (unpaired) electrons. The number of hydrogen-bond acceptors (Lipinski definition) is 4. The minimum absolute atomic E-state index is 0.0633. The molecule has 0 aromatic heterocycles. The molecule has 5 nitrogen and oxygen atoms in total. The van der Waals surface area contributed by atoms with Gasteiger partial charge in [0, 0.05) is 19.7 Å². The van der Waals surface area contributed by atoms with Crippen molar-refractivity contribution in [1.29, 1.82) is 0 Å². The van der Waals surface area contributed by atoms with Crippen molar-refractivity contribution < 1.29 is 19.4 Å². The number of rotatable bonds is 5. The monoisotopic (exact) mass is 245 g/mol. The predicted octanol–water partition coefficient (Wildman–Crippen LogP) is 0.975. The smallest absolute Gasteiger partial charge is 0.326 e. The third-order valence-corrected chi connectivity index (χ3v) is 3.46. The lowest BCUT2D eigenvalue weighted by atomic mass is 9.96. The second kappa shape index (κ2) is 5.80. The molecule has 1 N–H and O–H groups in total. The van der Waals surface area contributed by atoms with Crippen LogP contribution in [0.2, 0.25) is 0 Å². The molecule has 0 aromatic carbocycles. The molecule has 1 fully saturated rings. The molecule has 0 aromatic rings. The molecule has 100 valence electrons. The van der Waals surface area contributed by atoms with E-state index in [4.69, 9.17) is 9.47 Å². The standard InChI is InChI=1S/C12H23NO4/c1-5-10-7-17-9(2)6-13(10)12(3,8-16-4)11(14)15/h9-10H,5-8H2,1-4H3,(H,14,15). The Bertz CT molecular complexity index is 271. The van der Waals surface area contributed by atoms with E-state index >= 15 is 0 Å². The van der Waals surface area contributed by atoms with Crippen molar-refractivity contribution >= 4 is 5.97 Å². The Morgan fingerprint density at radius 1 is 1.65 bits per heavy atom. The van der Waals surface area contributed by atoms with Crippen LogP contribution in [-0.4, -0.2) is 60.5 Å². The molecule has 0 bridgehead atoms. The summed E-state index contributed by atoms with van der Waals surface area (Å²) in [5, 5.41) is 9.45. The fourth-order valence-electron chi connectivity index (χ4n) is 2.34. The SMILES string of the molecule is CCC1COC(C)CN1C(C)(COC)C(=O)O. The second-order valence-corrected chi connectivity index (χ2v) is 4.87. The van der Waals surface area contributed by atoms with E-state index in [1.165, 1.54) is 7.11 Å². The first kappa shape index (κ1) is 14.4. The summed E-state index contributed by atoms with van der Waals surface area (Å²) in [6, 6.07) is 0.141. The summed E-state index contributed by atoms with van der Waals surface area (Å²) >= 11 is 0. The van der Waals surface area contributed by atoms with Crippen molar-refractivity contribution in [1.82, 2.24) is 4.90 Å². The van der Waals surface area contributed by atoms with Gasteiger partial charge in [-0.1, -0.05) is 6.92 Å². The number of carboxylic acid groups (broad SMARTS) is 1. The van der Waals surface area contributed by atoms with Gasteiger partial charge in [-0.15, -0.1) is 0 Å². The van der Waals surface area contributed by atoms with Crippen LogP contribution in [0.4, 0.5) is 0 Å². The van der Waals surface area contributed by atoms with Gasteiger partial charge >= 0.3 is 5.97 Å². The highest BCUT2D eigenvalue weighted by atomic mass is 16.5. The number of methoxy groups -OCH3 is 1. The average Bonchev–Trinajstić information content (AvgIpc) is 2.29. The average molecular weight is 245 g/mol. The van der Waals surface area contributed by atoms with Crippen molar-refractivity contribution in [2.75, 3.05) is 26.9 Å². The second-order valence-electron chi connectivity index (χ2n) is 4.87. The van der Waals surface area contributed by atoms with E-state index in [2.05, 4.69) is 0 Å². The zero-order chi connectivity index (χ0) is 13.1. The number of aliphatic carboxylic acids is 1. The lowest BCUT2D eigenvalue weighted by Gasteiger charge is -2.46. The quantitative estimate of drug-likeness (QED) is 0.782. The lowest BCUT2D eigenvalue weighted by Crippen LogP contribution is -2.64. The summed E-state index contributed by atoms with van der Waals surface area (Å²) in [5.74, 6) is -0.841. The fourth-order valence-corrected chi connectivity index (χ4v) is 2.34. The van der Waals surface area contributed by atoms with Gasteiger partial charge in [-0.3, -0.25) is 9.69 Å². The van der Waals surface area contributed by atoms with Crippen molar-refractivity contribution in [3.8, 4) is 0 Å². The molecule has 3 atom stereocenters. The number of nitrogens with zero attached hydrogens (tertiary/aromatic N) is 1. The van der Waals surface area contributed by atoms with Gasteiger partial charge in [0.25, 0.3) is 0 Å². The van der Waals surface area contributed by atoms with Gasteiger partial charge in [0.05, 0.1) is 19.3 Å². The number of ether oxygens (including phenoxy) is 2. The highest BCUT2D eigenvalue weighted by Crippen LogP contribution is 2.25. The molecule has 5 heteroatoms. The Kier molecular flexibility index (Phi) is 4.91. The van der Waals surface area contributed by atoms with Gasteiger partial charge < -0.3 is 14.6 Å². The Labute approximate surface area is 103 Å². The molecule has 0 saturated carbocycles. The van der Waals surface area contributed by atoms with Crippen LogP contribution in [0.1, 0.15) is 27.2 Å². The summed E-state index contributed by atoms with van der Waals surface area (Å²) < 4.78 is 10.7. The minimum Gasteiger partial charge on any atom is -0.480 e. The molecule has 1 heterocycles. The van der Waals surface area contributed by atoms with Crippen LogP contribution >= 0.6 is 0 Å². The van der Waals surface area contributed by atoms with Crippen molar-refractivity contribution in [2.45, 2.75) is 44.9 Å². The van der Waals surface area contributed by atoms with E-state index in [0.29, 0.717) is 13.2 Å². The molecule has 1 aliphatic heterocycles. The van der Waals surface area contributed by atoms with Crippen molar-refractivity contribution in [2.24, 2.45) is 0 Å². The molecular formula is C12H23NO4. The van der Waals surface area contributed by atoms with E-state index < -0.39 is 11.5 Å². The summed E-state index contributed by atoms with van der Waals surface area (Å²) in [6.07, 6.45) is 0.938. The van der Waals surface area contributed by atoms with Crippen LogP contribution in [0.15, 0.2) is 0 Å². The van der Waals surface area contributed by atoms with E-state index in [1.807, 2.05) is 18.7 Å². The topological polar surface area (TPSA) is 59.0 Å². The Morgan fingerprint density at radius 2 is 2.29 bits per heavy atom. The number of carboxylic acids is 1. The molecule has 0 aliphatic carbocycles.